The smallest absolute Gasteiger partial charge is 0.320 e. The van der Waals surface area contributed by atoms with Crippen molar-refractivity contribution >= 4 is 23.5 Å². The third-order valence-electron chi connectivity index (χ3n) is 6.56. The molecule has 5 rings (SSSR count). The van der Waals surface area contributed by atoms with Gasteiger partial charge in [-0.05, 0) is 36.5 Å². The lowest BCUT2D eigenvalue weighted by atomic mass is 10.0. The fourth-order valence-electron chi connectivity index (χ4n) is 4.90. The van der Waals surface area contributed by atoms with E-state index in [1.165, 1.54) is 12.1 Å². The van der Waals surface area contributed by atoms with Crippen molar-refractivity contribution in [3.63, 3.8) is 0 Å². The number of nitrogens with zero attached hydrogens (tertiary/aromatic N) is 2. The average Bonchev–Trinajstić information content (AvgIpc) is 3.15. The Kier molecular flexibility index (Phi) is 4.78. The molecular formula is C20H23ClFN3O4. The van der Waals surface area contributed by atoms with E-state index in [1.807, 2.05) is 9.80 Å². The summed E-state index contributed by atoms with van der Waals surface area (Å²) in [5.41, 5.74) is 0. The van der Waals surface area contributed by atoms with Gasteiger partial charge in [0.15, 0.2) is 0 Å². The van der Waals surface area contributed by atoms with Crippen LogP contribution in [0.4, 0.5) is 9.18 Å². The Morgan fingerprint density at radius 3 is 2.83 bits per heavy atom. The van der Waals surface area contributed by atoms with Gasteiger partial charge in [0.1, 0.15) is 18.2 Å². The van der Waals surface area contributed by atoms with Crippen molar-refractivity contribution in [3.05, 3.63) is 29.0 Å². The van der Waals surface area contributed by atoms with Crippen molar-refractivity contribution in [2.24, 2.45) is 17.8 Å². The average molecular weight is 424 g/mol. The van der Waals surface area contributed by atoms with E-state index in [0.717, 1.165) is 19.5 Å². The number of benzene rings is 1. The lowest BCUT2D eigenvalue weighted by molar-refractivity contribution is -0.139. The Balaban J connectivity index is 1.11. The van der Waals surface area contributed by atoms with E-state index in [-0.39, 0.29) is 41.5 Å². The van der Waals surface area contributed by atoms with Crippen molar-refractivity contribution in [2.75, 3.05) is 39.4 Å². The number of amides is 3. The molecule has 0 aromatic heterocycles. The SMILES string of the molecule is O=C1CO[C@H]2CCN(C(=O)N3C[C@@H]4C(COc5ccc(F)cc5Cl)[C@@H]4C3)CC2N1. The van der Waals surface area contributed by atoms with Crippen molar-refractivity contribution in [1.82, 2.24) is 15.1 Å². The van der Waals surface area contributed by atoms with Gasteiger partial charge in [-0.1, -0.05) is 11.6 Å². The number of likely N-dealkylation sites (tertiary alicyclic amines) is 2. The van der Waals surface area contributed by atoms with E-state index in [2.05, 4.69) is 5.32 Å². The van der Waals surface area contributed by atoms with Gasteiger partial charge >= 0.3 is 6.03 Å². The monoisotopic (exact) mass is 423 g/mol. The molecule has 1 aromatic carbocycles. The number of ether oxygens (including phenoxy) is 2. The molecule has 7 nitrogen and oxygen atoms in total. The van der Waals surface area contributed by atoms with Crippen LogP contribution in [-0.4, -0.2) is 73.3 Å². The van der Waals surface area contributed by atoms with Gasteiger partial charge in [0, 0.05) is 32.1 Å². The van der Waals surface area contributed by atoms with E-state index in [4.69, 9.17) is 21.1 Å². The third kappa shape index (κ3) is 3.64. The van der Waals surface area contributed by atoms with Crippen LogP contribution >= 0.6 is 11.6 Å². The lowest BCUT2D eigenvalue weighted by Crippen LogP contribution is -2.62. The third-order valence-corrected chi connectivity index (χ3v) is 6.86. The molecule has 1 N–H and O–H groups in total. The van der Waals surface area contributed by atoms with Crippen LogP contribution in [0.15, 0.2) is 18.2 Å². The molecular weight excluding hydrogens is 401 g/mol. The number of rotatable bonds is 3. The first-order valence-electron chi connectivity index (χ1n) is 10.0. The number of carbonyl (C=O) groups excluding carboxylic acids is 2. The second kappa shape index (κ2) is 7.32. The molecule has 3 amide bonds. The van der Waals surface area contributed by atoms with Crippen LogP contribution in [0.5, 0.6) is 5.75 Å². The topological polar surface area (TPSA) is 71.1 Å². The van der Waals surface area contributed by atoms with E-state index in [1.54, 1.807) is 6.07 Å². The highest BCUT2D eigenvalue weighted by Gasteiger charge is 2.57. The molecule has 1 aliphatic carbocycles. The summed E-state index contributed by atoms with van der Waals surface area (Å²) in [6, 6.07) is 4.04. The number of halogens is 2. The maximum absolute atomic E-state index is 13.1. The molecule has 3 saturated heterocycles. The van der Waals surface area contributed by atoms with Crippen LogP contribution in [0.3, 0.4) is 0 Å². The number of hydrogen-bond acceptors (Lipinski definition) is 4. The summed E-state index contributed by atoms with van der Waals surface area (Å²) in [5.74, 6) is 1.26. The minimum Gasteiger partial charge on any atom is -0.492 e. The zero-order chi connectivity index (χ0) is 20.1. The Hall–Kier alpha value is -2.06. The van der Waals surface area contributed by atoms with Crippen LogP contribution in [0.1, 0.15) is 6.42 Å². The Morgan fingerprint density at radius 2 is 2.07 bits per heavy atom. The first-order chi connectivity index (χ1) is 14.0. The maximum atomic E-state index is 13.1. The van der Waals surface area contributed by atoms with Crippen LogP contribution in [0.2, 0.25) is 5.02 Å². The van der Waals surface area contributed by atoms with E-state index >= 15 is 0 Å². The molecule has 9 heteroatoms. The van der Waals surface area contributed by atoms with E-state index in [9.17, 15) is 14.0 Å². The zero-order valence-corrected chi connectivity index (χ0v) is 16.6. The minimum atomic E-state index is -0.386. The highest BCUT2D eigenvalue weighted by molar-refractivity contribution is 6.32. The number of carbonyl (C=O) groups is 2. The molecule has 0 bridgehead atoms. The van der Waals surface area contributed by atoms with Gasteiger partial charge in [0.05, 0.1) is 23.8 Å². The highest BCUT2D eigenvalue weighted by atomic mass is 35.5. The van der Waals surface area contributed by atoms with Crippen LogP contribution < -0.4 is 10.1 Å². The van der Waals surface area contributed by atoms with Crippen LogP contribution in [0, 0.1) is 23.6 Å². The summed E-state index contributed by atoms with van der Waals surface area (Å²) in [7, 11) is 0. The molecule has 3 aliphatic heterocycles. The Bertz CT molecular complexity index is 828. The normalized spacial score (nSPS) is 33.0. The second-order valence-corrected chi connectivity index (χ2v) is 8.73. The second-order valence-electron chi connectivity index (χ2n) is 8.32. The number of fused-ring (bicyclic) bond motifs is 2. The fraction of sp³-hybridized carbons (Fsp3) is 0.600. The first kappa shape index (κ1) is 18.9. The number of hydrogen-bond donors (Lipinski definition) is 1. The molecule has 4 fully saturated rings. The van der Waals surface area contributed by atoms with Crippen LogP contribution in [-0.2, 0) is 9.53 Å². The van der Waals surface area contributed by atoms with Gasteiger partial charge in [0.25, 0.3) is 0 Å². The van der Waals surface area contributed by atoms with Gasteiger partial charge in [-0.3, -0.25) is 4.79 Å². The summed E-state index contributed by atoms with van der Waals surface area (Å²) in [5, 5.41) is 3.20. The standard InChI is InChI=1S/C20H23ClFN3O4/c21-15-5-11(22)1-2-17(15)28-9-14-12-6-25(7-13(12)14)20(27)24-4-3-18-16(8-24)23-19(26)10-29-18/h1-2,5,12-14,16,18H,3-4,6-10H2,(H,23,26)/t12-,13+,14?,16?,18-/m0/s1. The van der Waals surface area contributed by atoms with E-state index in [0.29, 0.717) is 43.2 Å². The first-order valence-corrected chi connectivity index (χ1v) is 10.4. The Morgan fingerprint density at radius 1 is 1.28 bits per heavy atom. The van der Waals surface area contributed by atoms with Gasteiger partial charge in [-0.25, -0.2) is 9.18 Å². The number of urea groups is 1. The quantitative estimate of drug-likeness (QED) is 0.804. The molecule has 156 valence electrons. The van der Waals surface area contributed by atoms with Crippen LogP contribution in [0.25, 0.3) is 0 Å². The predicted molar refractivity (Wildman–Crippen MR) is 102 cm³/mol. The molecule has 1 aromatic rings. The zero-order valence-electron chi connectivity index (χ0n) is 15.9. The molecule has 4 aliphatic rings. The maximum Gasteiger partial charge on any atom is 0.320 e. The molecule has 2 unspecified atom stereocenters. The fourth-order valence-corrected chi connectivity index (χ4v) is 5.13. The number of morpholine rings is 1. The molecule has 29 heavy (non-hydrogen) atoms. The number of piperidine rings is 2. The van der Waals surface area contributed by atoms with Crippen molar-refractivity contribution in [2.45, 2.75) is 18.6 Å². The Labute approximate surface area is 173 Å². The van der Waals surface area contributed by atoms with Gasteiger partial charge in [0.2, 0.25) is 5.91 Å². The molecule has 3 heterocycles. The molecule has 0 spiro atoms. The summed E-state index contributed by atoms with van der Waals surface area (Å²) in [6.45, 7) is 3.23. The molecule has 1 saturated carbocycles. The summed E-state index contributed by atoms with van der Waals surface area (Å²) < 4.78 is 24.4. The summed E-state index contributed by atoms with van der Waals surface area (Å²) >= 11 is 6.00. The van der Waals surface area contributed by atoms with Gasteiger partial charge in [-0.15, -0.1) is 0 Å². The van der Waals surface area contributed by atoms with Gasteiger partial charge in [-0.2, -0.15) is 0 Å². The van der Waals surface area contributed by atoms with Crippen molar-refractivity contribution in [1.29, 1.82) is 0 Å². The van der Waals surface area contributed by atoms with E-state index < -0.39 is 0 Å². The molecule has 5 atom stereocenters. The van der Waals surface area contributed by atoms with Crippen molar-refractivity contribution in [3.8, 4) is 5.75 Å². The summed E-state index contributed by atoms with van der Waals surface area (Å²) in [4.78, 5) is 28.2. The lowest BCUT2D eigenvalue weighted by Gasteiger charge is -2.42. The largest absolute Gasteiger partial charge is 0.492 e. The minimum absolute atomic E-state index is 0.00328. The number of nitrogens with one attached hydrogen (secondary N) is 1. The molecule has 0 radical (unpaired) electrons. The van der Waals surface area contributed by atoms with Crippen molar-refractivity contribution < 1.29 is 23.5 Å². The summed E-state index contributed by atoms with van der Waals surface area (Å²) in [6.07, 6.45) is 0.746. The highest BCUT2D eigenvalue weighted by Crippen LogP contribution is 2.52. The van der Waals surface area contributed by atoms with Gasteiger partial charge < -0.3 is 24.6 Å². The predicted octanol–water partition coefficient (Wildman–Crippen LogP) is 1.74.